The molecule has 1 fully saturated rings. The molecule has 1 saturated heterocycles. The standard InChI is InChI=1S/C23H29N3O4/c1-3-25(4-2)22(27)17-12-13-20(21(15-17)30-19-10-6-5-7-11-19)24-16-18-9-8-14-26(18)23(28)29/h5-7,10-13,15,18,24H,3-4,8-9,14,16H2,1-2H3,(H,28,29). The van der Waals surface area contributed by atoms with E-state index in [9.17, 15) is 14.7 Å². The summed E-state index contributed by atoms with van der Waals surface area (Å²) in [6.07, 6.45) is 0.802. The van der Waals surface area contributed by atoms with Crippen molar-refractivity contribution in [2.24, 2.45) is 0 Å². The minimum Gasteiger partial charge on any atom is -0.465 e. The largest absolute Gasteiger partial charge is 0.465 e. The molecule has 3 rings (SSSR count). The molecule has 1 aliphatic rings. The molecular weight excluding hydrogens is 382 g/mol. The summed E-state index contributed by atoms with van der Waals surface area (Å²) < 4.78 is 6.07. The highest BCUT2D eigenvalue weighted by atomic mass is 16.5. The number of amides is 2. The van der Waals surface area contributed by atoms with Crippen LogP contribution >= 0.6 is 0 Å². The molecule has 30 heavy (non-hydrogen) atoms. The number of rotatable bonds is 8. The average molecular weight is 412 g/mol. The molecule has 0 bridgehead atoms. The molecule has 0 saturated carbocycles. The van der Waals surface area contributed by atoms with Crippen molar-refractivity contribution in [3.63, 3.8) is 0 Å². The Kier molecular flexibility index (Phi) is 7.17. The Labute approximate surface area is 177 Å². The van der Waals surface area contributed by atoms with Gasteiger partial charge >= 0.3 is 6.09 Å². The number of para-hydroxylation sites is 1. The van der Waals surface area contributed by atoms with Crippen LogP contribution in [-0.2, 0) is 0 Å². The number of nitrogens with zero attached hydrogens (tertiary/aromatic N) is 2. The van der Waals surface area contributed by atoms with E-state index in [0.29, 0.717) is 43.2 Å². The van der Waals surface area contributed by atoms with E-state index in [4.69, 9.17) is 4.74 Å². The molecule has 1 unspecified atom stereocenters. The highest BCUT2D eigenvalue weighted by Gasteiger charge is 2.28. The van der Waals surface area contributed by atoms with Crippen LogP contribution in [0.15, 0.2) is 48.5 Å². The molecule has 2 aromatic rings. The summed E-state index contributed by atoms with van der Waals surface area (Å²) in [5.74, 6) is 1.16. The fourth-order valence-corrected chi connectivity index (χ4v) is 3.72. The van der Waals surface area contributed by atoms with Crippen molar-refractivity contribution in [2.75, 3.05) is 31.5 Å². The molecule has 160 valence electrons. The molecule has 2 amide bonds. The van der Waals surface area contributed by atoms with Crippen LogP contribution in [0.3, 0.4) is 0 Å². The highest BCUT2D eigenvalue weighted by molar-refractivity contribution is 5.95. The van der Waals surface area contributed by atoms with Crippen LogP contribution in [-0.4, -0.2) is 59.1 Å². The first kappa shape index (κ1) is 21.5. The number of benzene rings is 2. The van der Waals surface area contributed by atoms with Crippen molar-refractivity contribution >= 4 is 17.7 Å². The van der Waals surface area contributed by atoms with Crippen LogP contribution in [0.5, 0.6) is 11.5 Å². The van der Waals surface area contributed by atoms with Gasteiger partial charge < -0.3 is 25.0 Å². The normalized spacial score (nSPS) is 15.7. The van der Waals surface area contributed by atoms with E-state index in [1.165, 1.54) is 4.90 Å². The van der Waals surface area contributed by atoms with Gasteiger partial charge in [-0.3, -0.25) is 4.79 Å². The zero-order chi connectivity index (χ0) is 21.5. The maximum atomic E-state index is 12.8. The number of hydrogen-bond acceptors (Lipinski definition) is 4. The number of nitrogens with one attached hydrogen (secondary N) is 1. The molecule has 1 heterocycles. The van der Waals surface area contributed by atoms with Crippen LogP contribution in [0.2, 0.25) is 0 Å². The lowest BCUT2D eigenvalue weighted by molar-refractivity contribution is 0.0772. The Bertz CT molecular complexity index is 868. The molecule has 1 atom stereocenters. The quantitative estimate of drug-likeness (QED) is 0.668. The first-order valence-corrected chi connectivity index (χ1v) is 10.4. The maximum Gasteiger partial charge on any atom is 0.407 e. The molecule has 7 heteroatoms. The lowest BCUT2D eigenvalue weighted by Crippen LogP contribution is -2.38. The van der Waals surface area contributed by atoms with Gasteiger partial charge in [0.05, 0.1) is 11.7 Å². The summed E-state index contributed by atoms with van der Waals surface area (Å²) in [4.78, 5) is 27.4. The first-order chi connectivity index (χ1) is 14.5. The number of likely N-dealkylation sites (tertiary alicyclic amines) is 1. The zero-order valence-electron chi connectivity index (χ0n) is 17.5. The second-order valence-corrected chi connectivity index (χ2v) is 7.26. The molecule has 0 aromatic heterocycles. The molecule has 1 aliphatic heterocycles. The van der Waals surface area contributed by atoms with Gasteiger partial charge in [-0.2, -0.15) is 0 Å². The van der Waals surface area contributed by atoms with Gasteiger partial charge in [0.25, 0.3) is 5.91 Å². The Morgan fingerprint density at radius 2 is 1.90 bits per heavy atom. The summed E-state index contributed by atoms with van der Waals surface area (Å²) >= 11 is 0. The number of carbonyl (C=O) groups is 2. The van der Waals surface area contributed by atoms with E-state index in [0.717, 1.165) is 18.5 Å². The minimum atomic E-state index is -0.889. The lowest BCUT2D eigenvalue weighted by Gasteiger charge is -2.23. The average Bonchev–Trinajstić information content (AvgIpc) is 3.23. The fraction of sp³-hybridized carbons (Fsp3) is 0.391. The van der Waals surface area contributed by atoms with E-state index >= 15 is 0 Å². The van der Waals surface area contributed by atoms with Gasteiger partial charge in [0.1, 0.15) is 5.75 Å². The Morgan fingerprint density at radius 3 is 2.57 bits per heavy atom. The van der Waals surface area contributed by atoms with Crippen molar-refractivity contribution in [3.05, 3.63) is 54.1 Å². The van der Waals surface area contributed by atoms with Crippen molar-refractivity contribution in [1.29, 1.82) is 0 Å². The molecule has 0 radical (unpaired) electrons. The van der Waals surface area contributed by atoms with Gasteiger partial charge in [-0.1, -0.05) is 18.2 Å². The van der Waals surface area contributed by atoms with Crippen molar-refractivity contribution < 1.29 is 19.4 Å². The van der Waals surface area contributed by atoms with Crippen molar-refractivity contribution in [3.8, 4) is 11.5 Å². The van der Waals surface area contributed by atoms with Gasteiger partial charge in [0.2, 0.25) is 0 Å². The monoisotopic (exact) mass is 411 g/mol. The van der Waals surface area contributed by atoms with Crippen LogP contribution in [0.4, 0.5) is 10.5 Å². The van der Waals surface area contributed by atoms with E-state index in [-0.39, 0.29) is 11.9 Å². The fourth-order valence-electron chi connectivity index (χ4n) is 3.72. The number of hydrogen-bond donors (Lipinski definition) is 2. The summed E-state index contributed by atoms with van der Waals surface area (Å²) in [7, 11) is 0. The van der Waals surface area contributed by atoms with Gasteiger partial charge in [-0.15, -0.1) is 0 Å². The SMILES string of the molecule is CCN(CC)C(=O)c1ccc(NCC2CCCN2C(=O)O)c(Oc2ccccc2)c1. The molecule has 0 spiro atoms. The minimum absolute atomic E-state index is 0.0442. The van der Waals surface area contributed by atoms with E-state index in [1.54, 1.807) is 17.0 Å². The summed E-state index contributed by atoms with van der Waals surface area (Å²) in [5.41, 5.74) is 1.29. The third kappa shape index (κ3) is 5.03. The molecule has 7 nitrogen and oxygen atoms in total. The van der Waals surface area contributed by atoms with Crippen molar-refractivity contribution in [2.45, 2.75) is 32.7 Å². The third-order valence-electron chi connectivity index (χ3n) is 5.40. The lowest BCUT2D eigenvalue weighted by atomic mass is 10.1. The molecule has 2 aromatic carbocycles. The first-order valence-electron chi connectivity index (χ1n) is 10.4. The van der Waals surface area contributed by atoms with Gasteiger partial charge in [-0.25, -0.2) is 4.79 Å². The van der Waals surface area contributed by atoms with Gasteiger partial charge in [0.15, 0.2) is 5.75 Å². The summed E-state index contributed by atoms with van der Waals surface area (Å²) in [5, 5.41) is 12.7. The van der Waals surface area contributed by atoms with E-state index in [2.05, 4.69) is 5.32 Å². The number of carboxylic acid groups (broad SMARTS) is 1. The predicted octanol–water partition coefficient (Wildman–Crippen LogP) is 4.52. The number of anilines is 1. The second kappa shape index (κ2) is 10.0. The zero-order valence-corrected chi connectivity index (χ0v) is 17.5. The third-order valence-corrected chi connectivity index (χ3v) is 5.40. The van der Waals surface area contributed by atoms with Crippen LogP contribution in [0.1, 0.15) is 37.0 Å². The smallest absolute Gasteiger partial charge is 0.407 e. The molecular formula is C23H29N3O4. The van der Waals surface area contributed by atoms with Crippen LogP contribution < -0.4 is 10.1 Å². The Hall–Kier alpha value is -3.22. The maximum absolute atomic E-state index is 12.8. The molecule has 2 N–H and O–H groups in total. The van der Waals surface area contributed by atoms with E-state index < -0.39 is 6.09 Å². The molecule has 0 aliphatic carbocycles. The number of ether oxygens (including phenoxy) is 1. The van der Waals surface area contributed by atoms with Gasteiger partial charge in [0, 0.05) is 31.7 Å². The predicted molar refractivity (Wildman–Crippen MR) is 116 cm³/mol. The Morgan fingerprint density at radius 1 is 1.17 bits per heavy atom. The Balaban J connectivity index is 1.83. The summed E-state index contributed by atoms with van der Waals surface area (Å²) in [6.45, 7) is 6.23. The van der Waals surface area contributed by atoms with Gasteiger partial charge in [-0.05, 0) is 57.0 Å². The number of carbonyl (C=O) groups excluding carboxylic acids is 1. The second-order valence-electron chi connectivity index (χ2n) is 7.26. The van der Waals surface area contributed by atoms with Crippen molar-refractivity contribution in [1.82, 2.24) is 9.80 Å². The highest BCUT2D eigenvalue weighted by Crippen LogP contribution is 2.32. The van der Waals surface area contributed by atoms with Crippen LogP contribution in [0, 0.1) is 0 Å². The van der Waals surface area contributed by atoms with Crippen LogP contribution in [0.25, 0.3) is 0 Å². The topological polar surface area (TPSA) is 82.1 Å². The summed E-state index contributed by atoms with van der Waals surface area (Å²) in [6, 6.07) is 14.7. The van der Waals surface area contributed by atoms with E-state index in [1.807, 2.05) is 50.2 Å².